The lowest BCUT2D eigenvalue weighted by Gasteiger charge is -2.13. The van der Waals surface area contributed by atoms with Gasteiger partial charge >= 0.3 is 12.0 Å². The standard InChI is InChI=1S/C8H13N3O4/c9-5(12)3-10-8(15)11-6(7(13)14)4-1-2-4/h4,6H,1-3H2,(H2,9,12)(H,13,14)(H2,10,11,15). The van der Waals surface area contributed by atoms with Crippen LogP contribution in [-0.4, -0.2) is 35.6 Å². The van der Waals surface area contributed by atoms with E-state index in [0.29, 0.717) is 0 Å². The lowest BCUT2D eigenvalue weighted by molar-refractivity contribution is -0.139. The van der Waals surface area contributed by atoms with Gasteiger partial charge in [-0.15, -0.1) is 0 Å². The van der Waals surface area contributed by atoms with Gasteiger partial charge in [0.1, 0.15) is 6.04 Å². The molecule has 1 unspecified atom stereocenters. The fourth-order valence-corrected chi connectivity index (χ4v) is 1.17. The van der Waals surface area contributed by atoms with E-state index in [0.717, 1.165) is 12.8 Å². The first-order valence-electron chi connectivity index (χ1n) is 4.56. The Kier molecular flexibility index (Phi) is 3.48. The number of hydrogen-bond acceptors (Lipinski definition) is 3. The number of nitrogens with one attached hydrogen (secondary N) is 2. The van der Waals surface area contributed by atoms with E-state index >= 15 is 0 Å². The smallest absolute Gasteiger partial charge is 0.326 e. The predicted molar refractivity (Wildman–Crippen MR) is 49.9 cm³/mol. The number of rotatable bonds is 5. The molecule has 0 aliphatic heterocycles. The molecule has 5 N–H and O–H groups in total. The Morgan fingerprint density at radius 3 is 2.40 bits per heavy atom. The number of carboxylic acids is 1. The molecule has 0 radical (unpaired) electrons. The summed E-state index contributed by atoms with van der Waals surface area (Å²) >= 11 is 0. The van der Waals surface area contributed by atoms with Crippen molar-refractivity contribution >= 4 is 17.9 Å². The maximum atomic E-state index is 11.1. The third-order valence-corrected chi connectivity index (χ3v) is 2.07. The SMILES string of the molecule is NC(=O)CNC(=O)NC(C(=O)O)C1CC1. The number of amides is 3. The highest BCUT2D eigenvalue weighted by molar-refractivity contribution is 5.86. The van der Waals surface area contributed by atoms with Crippen LogP contribution in [0.4, 0.5) is 4.79 Å². The van der Waals surface area contributed by atoms with Crippen molar-refractivity contribution < 1.29 is 19.5 Å². The third-order valence-electron chi connectivity index (χ3n) is 2.07. The van der Waals surface area contributed by atoms with Crippen LogP contribution in [0.3, 0.4) is 0 Å². The van der Waals surface area contributed by atoms with Gasteiger partial charge in [0.15, 0.2) is 0 Å². The Labute approximate surface area is 86.0 Å². The highest BCUT2D eigenvalue weighted by Gasteiger charge is 2.37. The van der Waals surface area contributed by atoms with Gasteiger partial charge < -0.3 is 21.5 Å². The zero-order valence-corrected chi connectivity index (χ0v) is 8.03. The first-order valence-corrected chi connectivity index (χ1v) is 4.56. The molecular weight excluding hydrogens is 202 g/mol. The first kappa shape index (κ1) is 11.3. The van der Waals surface area contributed by atoms with Crippen LogP contribution in [0.2, 0.25) is 0 Å². The molecule has 1 atom stereocenters. The highest BCUT2D eigenvalue weighted by Crippen LogP contribution is 2.32. The van der Waals surface area contributed by atoms with Crippen molar-refractivity contribution in [3.63, 3.8) is 0 Å². The van der Waals surface area contributed by atoms with Crippen LogP contribution in [0.25, 0.3) is 0 Å². The molecule has 0 bridgehead atoms. The second kappa shape index (κ2) is 4.63. The Bertz CT molecular complexity index is 288. The van der Waals surface area contributed by atoms with Crippen LogP contribution >= 0.6 is 0 Å². The van der Waals surface area contributed by atoms with Gasteiger partial charge in [-0.3, -0.25) is 4.79 Å². The second-order valence-electron chi connectivity index (χ2n) is 3.45. The van der Waals surface area contributed by atoms with Crippen LogP contribution in [0.5, 0.6) is 0 Å². The fourth-order valence-electron chi connectivity index (χ4n) is 1.17. The summed E-state index contributed by atoms with van der Waals surface area (Å²) in [7, 11) is 0. The van der Waals surface area contributed by atoms with Crippen molar-refractivity contribution in [2.24, 2.45) is 11.7 Å². The molecule has 0 heterocycles. The molecule has 0 aromatic rings. The van der Waals surface area contributed by atoms with Crippen LogP contribution in [0.1, 0.15) is 12.8 Å². The molecule has 0 spiro atoms. The number of carbonyl (C=O) groups is 3. The maximum absolute atomic E-state index is 11.1. The first-order chi connectivity index (χ1) is 7.00. The Hall–Kier alpha value is -1.79. The summed E-state index contributed by atoms with van der Waals surface area (Å²) in [6.45, 7) is -0.303. The van der Waals surface area contributed by atoms with Gasteiger partial charge in [0.25, 0.3) is 0 Å². The molecule has 1 fully saturated rings. The van der Waals surface area contributed by atoms with Gasteiger partial charge in [0.2, 0.25) is 5.91 Å². The Balaban J connectivity index is 2.34. The zero-order valence-electron chi connectivity index (χ0n) is 8.03. The molecule has 84 valence electrons. The van der Waals surface area contributed by atoms with E-state index in [2.05, 4.69) is 10.6 Å². The molecule has 1 saturated carbocycles. The lowest BCUT2D eigenvalue weighted by atomic mass is 10.2. The fraction of sp³-hybridized carbons (Fsp3) is 0.625. The molecule has 3 amide bonds. The minimum Gasteiger partial charge on any atom is -0.480 e. The summed E-state index contributed by atoms with van der Waals surface area (Å²) in [5, 5.41) is 13.2. The highest BCUT2D eigenvalue weighted by atomic mass is 16.4. The van der Waals surface area contributed by atoms with Gasteiger partial charge in [0.05, 0.1) is 6.54 Å². The molecule has 7 nitrogen and oxygen atoms in total. The van der Waals surface area contributed by atoms with Crippen LogP contribution < -0.4 is 16.4 Å². The number of hydrogen-bond donors (Lipinski definition) is 4. The van der Waals surface area contributed by atoms with Gasteiger partial charge in [0, 0.05) is 0 Å². The quantitative estimate of drug-likeness (QED) is 0.452. The van der Waals surface area contributed by atoms with Crippen LogP contribution in [-0.2, 0) is 9.59 Å². The predicted octanol–water partition coefficient (Wildman–Crippen LogP) is -1.37. The summed E-state index contributed by atoms with van der Waals surface area (Å²) in [5.74, 6) is -1.74. The van der Waals surface area contributed by atoms with Crippen molar-refractivity contribution in [1.29, 1.82) is 0 Å². The summed E-state index contributed by atoms with van der Waals surface area (Å²) < 4.78 is 0. The molecule has 0 aromatic heterocycles. The second-order valence-corrected chi connectivity index (χ2v) is 3.45. The van der Waals surface area contributed by atoms with E-state index < -0.39 is 23.9 Å². The molecule has 0 saturated heterocycles. The molecule has 1 rings (SSSR count). The van der Waals surface area contributed by atoms with E-state index in [1.165, 1.54) is 0 Å². The van der Waals surface area contributed by atoms with Crippen molar-refractivity contribution in [3.8, 4) is 0 Å². The number of urea groups is 1. The number of aliphatic carboxylic acids is 1. The summed E-state index contributed by atoms with van der Waals surface area (Å²) in [6, 6.07) is -1.56. The number of carbonyl (C=O) groups excluding carboxylic acids is 2. The van der Waals surface area contributed by atoms with E-state index in [9.17, 15) is 14.4 Å². The van der Waals surface area contributed by atoms with Crippen molar-refractivity contribution in [3.05, 3.63) is 0 Å². The number of primary amides is 1. The lowest BCUT2D eigenvalue weighted by Crippen LogP contribution is -2.48. The van der Waals surface area contributed by atoms with Crippen molar-refractivity contribution in [1.82, 2.24) is 10.6 Å². The van der Waals surface area contributed by atoms with Gasteiger partial charge in [-0.05, 0) is 18.8 Å². The molecule has 7 heteroatoms. The Morgan fingerprint density at radius 1 is 1.40 bits per heavy atom. The van der Waals surface area contributed by atoms with E-state index in [4.69, 9.17) is 10.8 Å². The average molecular weight is 215 g/mol. The van der Waals surface area contributed by atoms with Crippen molar-refractivity contribution in [2.45, 2.75) is 18.9 Å². The van der Waals surface area contributed by atoms with Crippen LogP contribution in [0, 0.1) is 5.92 Å². The van der Waals surface area contributed by atoms with Gasteiger partial charge in [-0.1, -0.05) is 0 Å². The molecule has 1 aliphatic carbocycles. The largest absolute Gasteiger partial charge is 0.480 e. The summed E-state index contributed by atoms with van der Waals surface area (Å²) in [6.07, 6.45) is 1.60. The van der Waals surface area contributed by atoms with E-state index in [-0.39, 0.29) is 12.5 Å². The number of carboxylic acid groups (broad SMARTS) is 1. The monoisotopic (exact) mass is 215 g/mol. The van der Waals surface area contributed by atoms with Gasteiger partial charge in [-0.25, -0.2) is 9.59 Å². The normalized spacial score (nSPS) is 16.5. The molecular formula is C8H13N3O4. The molecule has 0 aromatic carbocycles. The molecule has 15 heavy (non-hydrogen) atoms. The van der Waals surface area contributed by atoms with E-state index in [1.807, 2.05) is 0 Å². The number of nitrogens with two attached hydrogens (primary N) is 1. The molecule has 1 aliphatic rings. The minimum atomic E-state index is -1.06. The summed E-state index contributed by atoms with van der Waals surface area (Å²) in [5.41, 5.74) is 4.81. The Morgan fingerprint density at radius 2 is 2.00 bits per heavy atom. The third kappa shape index (κ3) is 3.84. The maximum Gasteiger partial charge on any atom is 0.326 e. The minimum absolute atomic E-state index is 0.00169. The summed E-state index contributed by atoms with van der Waals surface area (Å²) in [4.78, 5) is 32.2. The van der Waals surface area contributed by atoms with Crippen molar-refractivity contribution in [2.75, 3.05) is 6.54 Å². The van der Waals surface area contributed by atoms with E-state index in [1.54, 1.807) is 0 Å². The van der Waals surface area contributed by atoms with Gasteiger partial charge in [-0.2, -0.15) is 0 Å². The van der Waals surface area contributed by atoms with Crippen LogP contribution in [0.15, 0.2) is 0 Å². The zero-order chi connectivity index (χ0) is 11.4. The topological polar surface area (TPSA) is 122 Å². The average Bonchev–Trinajstić information content (AvgIpc) is 2.93.